The van der Waals surface area contributed by atoms with Gasteiger partial charge in [0.05, 0.1) is 6.61 Å². The van der Waals surface area contributed by atoms with Crippen molar-refractivity contribution in [2.45, 2.75) is 88.9 Å². The zero-order chi connectivity index (χ0) is 40.3. The van der Waals surface area contributed by atoms with Gasteiger partial charge in [-0.25, -0.2) is 14.8 Å². The zero-order valence-corrected chi connectivity index (χ0v) is 32.0. The number of nitrogens with two attached hydrogens (primary N) is 2. The minimum atomic E-state index is -1.30. The van der Waals surface area contributed by atoms with E-state index in [1.165, 1.54) is 0 Å². The summed E-state index contributed by atoms with van der Waals surface area (Å²) in [7, 11) is 0. The smallest absolute Gasteiger partial charge is 0.333 e. The standard InChI is InChI=1S/C44H46N4O9/c1-4-21(2)43(54)56-33-17-30-39(53)37-32(52)16-27(19-49)55-41(37)38-36-28-11-12-47-42(46)35(28)24(7-6-23-8-9-26(51)15-29(23)31(36)20-50)14-25(44(33,3)57-40(30)38)13-22-5-10-34(45)48-18-22/h4-5,8-12,15-16,18,24-25,31,33,36,49-51,53H,6-7,13-14,17,19-20H2,1-3H3,(H2,45,48)(H2,46,47). The highest BCUT2D eigenvalue weighted by atomic mass is 16.6. The number of benzene rings is 2. The lowest BCUT2D eigenvalue weighted by molar-refractivity contribution is -0.165. The number of allylic oxidation sites excluding steroid dienone is 1. The van der Waals surface area contributed by atoms with E-state index in [9.17, 15) is 30.0 Å². The summed E-state index contributed by atoms with van der Waals surface area (Å²) in [5.41, 5.74) is 15.8. The Morgan fingerprint density at radius 1 is 1.07 bits per heavy atom. The van der Waals surface area contributed by atoms with Crippen LogP contribution in [-0.4, -0.2) is 54.7 Å². The van der Waals surface area contributed by atoms with Crippen LogP contribution >= 0.6 is 0 Å². The van der Waals surface area contributed by atoms with Gasteiger partial charge in [0.15, 0.2) is 5.43 Å². The number of fused-ring (bicyclic) bond motifs is 5. The number of anilines is 2. The summed E-state index contributed by atoms with van der Waals surface area (Å²) in [5, 5.41) is 44.8. The van der Waals surface area contributed by atoms with Crippen LogP contribution in [0.5, 0.6) is 17.2 Å². The Kier molecular flexibility index (Phi) is 9.69. The molecule has 8 N–H and O–H groups in total. The van der Waals surface area contributed by atoms with Gasteiger partial charge in [-0.05, 0) is 98.9 Å². The molecule has 5 aromatic rings. The van der Waals surface area contributed by atoms with E-state index in [0.717, 1.165) is 22.8 Å². The number of ether oxygens (including phenoxy) is 2. The van der Waals surface area contributed by atoms with Crippen molar-refractivity contribution in [1.82, 2.24) is 9.97 Å². The Balaban J connectivity index is 1.54. The lowest BCUT2D eigenvalue weighted by Gasteiger charge is -2.49. The third-order valence-corrected chi connectivity index (χ3v) is 12.5. The predicted molar refractivity (Wildman–Crippen MR) is 212 cm³/mol. The van der Waals surface area contributed by atoms with Gasteiger partial charge in [0.25, 0.3) is 0 Å². The van der Waals surface area contributed by atoms with Gasteiger partial charge in [-0.2, -0.15) is 0 Å². The Morgan fingerprint density at radius 2 is 1.88 bits per heavy atom. The Morgan fingerprint density at radius 3 is 2.60 bits per heavy atom. The van der Waals surface area contributed by atoms with Crippen LogP contribution in [0.2, 0.25) is 0 Å². The largest absolute Gasteiger partial charge is 0.508 e. The number of aliphatic hydroxyl groups excluding tert-OH is 2. The van der Waals surface area contributed by atoms with Crippen LogP contribution in [-0.2, 0) is 35.4 Å². The number of carbonyl (C=O) groups is 1. The number of hydrogen-bond donors (Lipinski definition) is 6. The highest BCUT2D eigenvalue weighted by Gasteiger charge is 2.54. The minimum Gasteiger partial charge on any atom is -0.508 e. The topological polar surface area (TPSA) is 224 Å². The number of rotatable bonds is 6. The highest BCUT2D eigenvalue weighted by molar-refractivity contribution is 5.92. The zero-order valence-electron chi connectivity index (χ0n) is 32.0. The second kappa shape index (κ2) is 14.5. The van der Waals surface area contributed by atoms with Crippen molar-refractivity contribution >= 4 is 28.6 Å². The Labute approximate surface area is 328 Å². The minimum absolute atomic E-state index is 0.00861. The van der Waals surface area contributed by atoms with Gasteiger partial charge in [0, 0.05) is 64.9 Å². The summed E-state index contributed by atoms with van der Waals surface area (Å²) >= 11 is 0. The molecule has 6 unspecified atom stereocenters. The van der Waals surface area contributed by atoms with Crippen molar-refractivity contribution in [3.05, 3.63) is 121 Å². The monoisotopic (exact) mass is 774 g/mol. The molecular weight excluding hydrogens is 729 g/mol. The fourth-order valence-electron chi connectivity index (χ4n) is 9.41. The maximum Gasteiger partial charge on any atom is 0.333 e. The van der Waals surface area contributed by atoms with Crippen molar-refractivity contribution in [1.29, 1.82) is 0 Å². The number of hydrogen-bond acceptors (Lipinski definition) is 13. The normalized spacial score (nSPS) is 24.0. The summed E-state index contributed by atoms with van der Waals surface area (Å²) in [6.45, 7) is 4.28. The number of nitrogen functional groups attached to an aromatic ring is 2. The van der Waals surface area contributed by atoms with E-state index in [0.29, 0.717) is 53.8 Å². The summed E-state index contributed by atoms with van der Waals surface area (Å²) in [4.78, 5) is 36.7. The third kappa shape index (κ3) is 6.34. The van der Waals surface area contributed by atoms with E-state index in [1.54, 1.807) is 50.5 Å². The molecule has 3 aromatic heterocycles. The van der Waals surface area contributed by atoms with Gasteiger partial charge < -0.3 is 45.8 Å². The summed E-state index contributed by atoms with van der Waals surface area (Å²) in [6, 6.07) is 11.8. The van der Waals surface area contributed by atoms with Crippen molar-refractivity contribution in [2.24, 2.45) is 5.92 Å². The van der Waals surface area contributed by atoms with Gasteiger partial charge in [-0.3, -0.25) is 4.79 Å². The Bertz CT molecular complexity index is 2500. The van der Waals surface area contributed by atoms with E-state index in [4.69, 9.17) is 25.4 Å². The first-order valence-corrected chi connectivity index (χ1v) is 19.2. The van der Waals surface area contributed by atoms with E-state index in [2.05, 4.69) is 9.97 Å². The number of phenolic OH excluding ortho intramolecular Hbond substituents is 2. The molecule has 296 valence electrons. The van der Waals surface area contributed by atoms with Crippen LogP contribution in [0.25, 0.3) is 11.0 Å². The van der Waals surface area contributed by atoms with Crippen LogP contribution in [0.1, 0.15) is 96.1 Å². The number of pyridine rings is 2. The molecule has 2 aliphatic heterocycles. The molecular formula is C44H46N4O9. The second-order valence-electron chi connectivity index (χ2n) is 15.7. The third-order valence-electron chi connectivity index (χ3n) is 12.5. The predicted octanol–water partition coefficient (Wildman–Crippen LogP) is 5.42. The molecule has 8 rings (SSSR count). The van der Waals surface area contributed by atoms with Gasteiger partial charge in [-0.1, -0.05) is 18.2 Å². The highest BCUT2D eigenvalue weighted by Crippen LogP contribution is 2.58. The lowest BCUT2D eigenvalue weighted by Crippen LogP contribution is -2.57. The quantitative estimate of drug-likeness (QED) is 0.0937. The average Bonchev–Trinajstić information content (AvgIpc) is 3.24. The summed E-state index contributed by atoms with van der Waals surface area (Å²) in [6.07, 6.45) is 5.97. The van der Waals surface area contributed by atoms with Gasteiger partial charge >= 0.3 is 5.97 Å². The molecule has 6 atom stereocenters. The Hall–Kier alpha value is -5.92. The molecule has 13 nitrogen and oxygen atoms in total. The first-order chi connectivity index (χ1) is 27.4. The molecule has 3 aliphatic rings. The van der Waals surface area contributed by atoms with E-state index >= 15 is 0 Å². The number of nitrogens with zero attached hydrogens (tertiary/aromatic N) is 2. The second-order valence-corrected chi connectivity index (χ2v) is 15.7. The number of aryl methyl sites for hydroxylation is 1. The number of aromatic nitrogens is 2. The van der Waals surface area contributed by atoms with Crippen molar-refractivity contribution in [3.63, 3.8) is 0 Å². The molecule has 0 spiro atoms. The summed E-state index contributed by atoms with van der Waals surface area (Å²) in [5.74, 6) is -2.48. The number of aromatic hydroxyl groups is 2. The number of aliphatic hydroxyl groups is 2. The van der Waals surface area contributed by atoms with Crippen molar-refractivity contribution in [2.75, 3.05) is 18.1 Å². The average molecular weight is 775 g/mol. The van der Waals surface area contributed by atoms with Gasteiger partial charge in [-0.15, -0.1) is 0 Å². The first-order valence-electron chi connectivity index (χ1n) is 19.2. The molecule has 1 aliphatic carbocycles. The molecule has 0 saturated carbocycles. The fraction of sp³-hybridized carbons (Fsp3) is 0.364. The molecule has 5 heterocycles. The van der Waals surface area contributed by atoms with E-state index < -0.39 is 59.8 Å². The van der Waals surface area contributed by atoms with Crippen LogP contribution in [0.15, 0.2) is 75.7 Å². The number of phenols is 2. The fourth-order valence-corrected chi connectivity index (χ4v) is 9.41. The molecule has 13 heteroatoms. The van der Waals surface area contributed by atoms with Crippen molar-refractivity contribution in [3.8, 4) is 17.2 Å². The number of carbonyl (C=O) groups excluding carboxylic acids is 1. The first kappa shape index (κ1) is 38.0. The molecule has 57 heavy (non-hydrogen) atoms. The van der Waals surface area contributed by atoms with Crippen LogP contribution in [0.4, 0.5) is 11.6 Å². The van der Waals surface area contributed by atoms with Gasteiger partial charge in [0.1, 0.15) is 63.9 Å². The SMILES string of the molecule is CC=C(C)C(=O)OC1Cc2c3c(c4oc(CO)cc(=O)c4c2O)C2c4ccnc(N)c4C(CCc4ccc(O)cc4C2CO)CC(Cc2ccc(N)nc2)C1(C)O3. The van der Waals surface area contributed by atoms with E-state index in [1.807, 2.05) is 25.1 Å². The molecule has 2 aromatic carbocycles. The van der Waals surface area contributed by atoms with Gasteiger partial charge in [0.2, 0.25) is 0 Å². The van der Waals surface area contributed by atoms with E-state index in [-0.39, 0.29) is 51.9 Å². The maximum absolute atomic E-state index is 14.0. The molecule has 4 bridgehead atoms. The van der Waals surface area contributed by atoms with Crippen LogP contribution in [0.3, 0.4) is 0 Å². The maximum atomic E-state index is 14.0. The molecule has 0 fully saturated rings. The van der Waals surface area contributed by atoms with Crippen molar-refractivity contribution < 1.29 is 39.1 Å². The van der Waals surface area contributed by atoms with Crippen LogP contribution < -0.4 is 21.6 Å². The summed E-state index contributed by atoms with van der Waals surface area (Å²) < 4.78 is 20.1. The molecule has 0 amide bonds. The lowest BCUT2D eigenvalue weighted by atomic mass is 9.67. The van der Waals surface area contributed by atoms with Crippen LogP contribution in [0, 0.1) is 5.92 Å². The molecule has 0 saturated heterocycles. The molecule has 0 radical (unpaired) electrons. The number of esters is 1.